The number of carboxylic acids is 1. The van der Waals surface area contributed by atoms with Gasteiger partial charge in [-0.05, 0) is 12.1 Å². The van der Waals surface area contributed by atoms with Gasteiger partial charge in [-0.3, -0.25) is 0 Å². The Morgan fingerprint density at radius 3 is 2.52 bits per heavy atom. The number of aromatic nitrogens is 1. The minimum atomic E-state index is -3.82. The molecule has 1 N–H and O–H groups in total. The third-order valence-corrected chi connectivity index (χ3v) is 3.75. The second kappa shape index (κ2) is 5.17. The molecule has 1 aromatic carbocycles. The first-order valence-electron chi connectivity index (χ1n) is 5.52. The molecule has 21 heavy (non-hydrogen) atoms. The van der Waals surface area contributed by atoms with Crippen molar-refractivity contribution in [3.05, 3.63) is 29.8 Å². The van der Waals surface area contributed by atoms with Gasteiger partial charge in [0.2, 0.25) is 5.76 Å². The van der Waals surface area contributed by atoms with Crippen LogP contribution in [0.3, 0.4) is 0 Å². The number of hydrogen-bond donors (Lipinski definition) is 1. The molecule has 9 heteroatoms. The number of hydrogen-bond acceptors (Lipinski definition) is 6. The van der Waals surface area contributed by atoms with Gasteiger partial charge in [0.15, 0.2) is 9.84 Å². The van der Waals surface area contributed by atoms with E-state index in [2.05, 4.69) is 9.68 Å². The molecular weight excluding hydrogens is 305 g/mol. The minimum Gasteiger partial charge on any atom is -0.495 e. The molecule has 1 aromatic heterocycles. The molecule has 0 saturated heterocycles. The van der Waals surface area contributed by atoms with E-state index in [1.54, 1.807) is 0 Å². The van der Waals surface area contributed by atoms with Crippen LogP contribution < -0.4 is 4.74 Å². The van der Waals surface area contributed by atoms with E-state index in [0.29, 0.717) is 0 Å². The van der Waals surface area contributed by atoms with Crippen LogP contribution in [0.15, 0.2) is 27.6 Å². The van der Waals surface area contributed by atoms with Crippen LogP contribution in [0.5, 0.6) is 5.75 Å². The number of halogens is 1. The van der Waals surface area contributed by atoms with Gasteiger partial charge in [-0.15, -0.1) is 0 Å². The fraction of sp³-hybridized carbons (Fsp3) is 0.167. The summed E-state index contributed by atoms with van der Waals surface area (Å²) in [5.41, 5.74) is 0.178. The van der Waals surface area contributed by atoms with Crippen LogP contribution in [0.1, 0.15) is 10.6 Å². The first-order valence-corrected chi connectivity index (χ1v) is 7.41. The van der Waals surface area contributed by atoms with Gasteiger partial charge in [-0.25, -0.2) is 17.6 Å². The molecule has 0 aliphatic rings. The summed E-state index contributed by atoms with van der Waals surface area (Å²) in [6.45, 7) is 0. The van der Waals surface area contributed by atoms with Crippen molar-refractivity contribution in [1.82, 2.24) is 5.16 Å². The summed E-state index contributed by atoms with van der Waals surface area (Å²) in [6, 6.07) is 3.25. The van der Waals surface area contributed by atoms with Crippen molar-refractivity contribution in [2.45, 2.75) is 4.90 Å². The van der Waals surface area contributed by atoms with Gasteiger partial charge < -0.3 is 14.4 Å². The first-order chi connectivity index (χ1) is 9.74. The lowest BCUT2D eigenvalue weighted by Gasteiger charge is -2.09. The Labute approximate surface area is 118 Å². The number of nitrogens with zero attached hydrogens (tertiary/aromatic N) is 1. The molecule has 0 aliphatic heterocycles. The Hall–Kier alpha value is -2.42. The maximum absolute atomic E-state index is 14.0. The van der Waals surface area contributed by atoms with Gasteiger partial charge in [0.25, 0.3) is 0 Å². The number of methoxy groups -OCH3 is 1. The van der Waals surface area contributed by atoms with Gasteiger partial charge in [0, 0.05) is 17.9 Å². The van der Waals surface area contributed by atoms with Crippen LogP contribution in [0.25, 0.3) is 11.3 Å². The molecule has 0 aliphatic carbocycles. The molecule has 112 valence electrons. The summed E-state index contributed by atoms with van der Waals surface area (Å²) in [5.74, 6) is -2.97. The molecule has 1 heterocycles. The lowest BCUT2D eigenvalue weighted by atomic mass is 10.1. The van der Waals surface area contributed by atoms with Crippen LogP contribution in [-0.4, -0.2) is 38.0 Å². The van der Waals surface area contributed by atoms with Crippen molar-refractivity contribution in [2.75, 3.05) is 13.4 Å². The summed E-state index contributed by atoms with van der Waals surface area (Å²) < 4.78 is 46.5. The molecule has 0 amide bonds. The average Bonchev–Trinajstić information content (AvgIpc) is 2.85. The SMILES string of the molecule is COc1cc(-c2cc(C(=O)O)on2)cc(F)c1S(C)(=O)=O. The van der Waals surface area contributed by atoms with E-state index in [-0.39, 0.29) is 17.0 Å². The maximum Gasteiger partial charge on any atom is 0.374 e. The number of benzene rings is 1. The van der Waals surface area contributed by atoms with Crippen molar-refractivity contribution in [3.8, 4) is 17.0 Å². The monoisotopic (exact) mass is 315 g/mol. The standard InChI is InChI=1S/C12H10FNO6S/c1-19-9-4-6(3-7(13)11(9)21(2,17)18)8-5-10(12(15)16)20-14-8/h3-5H,1-2H3,(H,15,16). The summed E-state index contributed by atoms with van der Waals surface area (Å²) in [4.78, 5) is 10.1. The summed E-state index contributed by atoms with van der Waals surface area (Å²) >= 11 is 0. The molecule has 0 atom stereocenters. The van der Waals surface area contributed by atoms with Crippen LogP contribution in [0.4, 0.5) is 4.39 Å². The molecule has 2 rings (SSSR count). The van der Waals surface area contributed by atoms with E-state index < -0.39 is 32.3 Å². The van der Waals surface area contributed by atoms with Crippen molar-refractivity contribution in [3.63, 3.8) is 0 Å². The zero-order valence-electron chi connectivity index (χ0n) is 11.0. The molecule has 0 spiro atoms. The predicted molar refractivity (Wildman–Crippen MR) is 68.5 cm³/mol. The Morgan fingerprint density at radius 2 is 2.05 bits per heavy atom. The van der Waals surface area contributed by atoms with Gasteiger partial charge in [-0.2, -0.15) is 0 Å². The highest BCUT2D eigenvalue weighted by molar-refractivity contribution is 7.90. The molecule has 0 bridgehead atoms. The van der Waals surface area contributed by atoms with E-state index >= 15 is 0 Å². The summed E-state index contributed by atoms with van der Waals surface area (Å²) in [6.07, 6.45) is 0.853. The molecule has 0 unspecified atom stereocenters. The molecule has 0 saturated carbocycles. The van der Waals surface area contributed by atoms with Crippen LogP contribution in [-0.2, 0) is 9.84 Å². The minimum absolute atomic E-state index is 0.0460. The smallest absolute Gasteiger partial charge is 0.374 e. The molecule has 7 nitrogen and oxygen atoms in total. The van der Waals surface area contributed by atoms with Crippen molar-refractivity contribution in [1.29, 1.82) is 0 Å². The van der Waals surface area contributed by atoms with Gasteiger partial charge in [-0.1, -0.05) is 5.16 Å². The third-order valence-electron chi connectivity index (χ3n) is 2.62. The van der Waals surface area contributed by atoms with E-state index in [0.717, 1.165) is 18.4 Å². The van der Waals surface area contributed by atoms with Crippen molar-refractivity contribution in [2.24, 2.45) is 0 Å². The molecule has 0 fully saturated rings. The third kappa shape index (κ3) is 2.87. The fourth-order valence-corrected chi connectivity index (χ4v) is 2.66. The molecule has 2 aromatic rings. The van der Waals surface area contributed by atoms with Gasteiger partial charge >= 0.3 is 5.97 Å². The Balaban J connectivity index is 2.62. The zero-order valence-corrected chi connectivity index (χ0v) is 11.8. The fourth-order valence-electron chi connectivity index (χ4n) is 1.74. The summed E-state index contributed by atoms with van der Waals surface area (Å²) in [7, 11) is -2.63. The molecule has 0 radical (unpaired) electrons. The summed E-state index contributed by atoms with van der Waals surface area (Å²) in [5, 5.41) is 12.2. The number of ether oxygens (including phenoxy) is 1. The van der Waals surface area contributed by atoms with E-state index in [4.69, 9.17) is 9.84 Å². The quantitative estimate of drug-likeness (QED) is 0.913. The van der Waals surface area contributed by atoms with Crippen LogP contribution in [0, 0.1) is 5.82 Å². The highest BCUT2D eigenvalue weighted by Crippen LogP contribution is 2.32. The Kier molecular flexibility index (Phi) is 3.69. The maximum atomic E-state index is 14.0. The number of rotatable bonds is 4. The Morgan fingerprint density at radius 1 is 1.38 bits per heavy atom. The first kappa shape index (κ1) is 15.0. The van der Waals surface area contributed by atoms with Gasteiger partial charge in [0.05, 0.1) is 7.11 Å². The van der Waals surface area contributed by atoms with E-state index in [1.165, 1.54) is 13.2 Å². The topological polar surface area (TPSA) is 107 Å². The Bertz CT molecular complexity index is 811. The normalized spacial score (nSPS) is 11.4. The number of carboxylic acid groups (broad SMARTS) is 1. The number of sulfone groups is 1. The highest BCUT2D eigenvalue weighted by atomic mass is 32.2. The van der Waals surface area contributed by atoms with Crippen LogP contribution >= 0.6 is 0 Å². The lowest BCUT2D eigenvalue weighted by Crippen LogP contribution is -2.04. The second-order valence-electron chi connectivity index (χ2n) is 4.14. The molecular formula is C12H10FNO6S. The van der Waals surface area contributed by atoms with Gasteiger partial charge in [0.1, 0.15) is 22.2 Å². The number of carbonyl (C=O) groups is 1. The van der Waals surface area contributed by atoms with E-state index in [9.17, 15) is 17.6 Å². The largest absolute Gasteiger partial charge is 0.495 e. The average molecular weight is 315 g/mol. The van der Waals surface area contributed by atoms with Crippen LogP contribution in [0.2, 0.25) is 0 Å². The second-order valence-corrected chi connectivity index (χ2v) is 6.10. The zero-order chi connectivity index (χ0) is 15.8. The highest BCUT2D eigenvalue weighted by Gasteiger charge is 2.23. The van der Waals surface area contributed by atoms with E-state index in [1.807, 2.05) is 0 Å². The predicted octanol–water partition coefficient (Wildman–Crippen LogP) is 1.59. The lowest BCUT2D eigenvalue weighted by molar-refractivity contribution is 0.0652. The van der Waals surface area contributed by atoms with Crippen molar-refractivity contribution >= 4 is 15.8 Å². The van der Waals surface area contributed by atoms with Crippen molar-refractivity contribution < 1.29 is 32.0 Å². The number of aromatic carboxylic acids is 1.